The number of rotatable bonds is 0. The topological polar surface area (TPSA) is 0 Å². The maximum atomic E-state index is 2.21. The van der Waals surface area contributed by atoms with Crippen LogP contribution >= 0.6 is 8.20 Å². The van der Waals surface area contributed by atoms with Crippen LogP contribution in [0.1, 0.15) is 13.8 Å². The van der Waals surface area contributed by atoms with Gasteiger partial charge in [0.2, 0.25) is 0 Å². The van der Waals surface area contributed by atoms with E-state index in [1.807, 2.05) is 0 Å². The van der Waals surface area contributed by atoms with Gasteiger partial charge in [-0.25, -0.2) is 0 Å². The number of hydrogen-bond acceptors (Lipinski definition) is 0. The normalized spacial score (nSPS) is 23.0. The first-order valence-corrected chi connectivity index (χ1v) is 4.34. The lowest BCUT2D eigenvalue weighted by Gasteiger charge is -1.93. The molecule has 0 nitrogen and oxygen atoms in total. The minimum Gasteiger partial charge on any atom is -0.0643 e. The van der Waals surface area contributed by atoms with Crippen LogP contribution in [0.2, 0.25) is 0 Å². The van der Waals surface area contributed by atoms with Gasteiger partial charge < -0.3 is 0 Å². The quantitative estimate of drug-likeness (QED) is 0.463. The van der Waals surface area contributed by atoms with E-state index in [0.717, 1.165) is 0 Å². The largest absolute Gasteiger partial charge is 0.0643 e. The van der Waals surface area contributed by atoms with Gasteiger partial charge in [-0.2, -0.15) is 0 Å². The van der Waals surface area contributed by atoms with Gasteiger partial charge in [0.15, 0.2) is 0 Å². The average molecular weight is 148 g/mol. The van der Waals surface area contributed by atoms with E-state index in [-0.39, 0.29) is 0 Å². The van der Waals surface area contributed by atoms with E-state index in [4.69, 9.17) is 0 Å². The fourth-order valence-corrected chi connectivity index (χ4v) is 2.46. The van der Waals surface area contributed by atoms with Gasteiger partial charge in [0.25, 0.3) is 0 Å². The lowest BCUT2D eigenvalue weighted by atomic mass is 10.1. The van der Waals surface area contributed by atoms with Gasteiger partial charge in [0.1, 0.15) is 0 Å². The summed E-state index contributed by atoms with van der Waals surface area (Å²) < 4.78 is 0. The molecular formula is C9H9P. The highest BCUT2D eigenvalue weighted by molar-refractivity contribution is 7.47. The maximum absolute atomic E-state index is 2.21. The van der Waals surface area contributed by atoms with Crippen LogP contribution in [0.4, 0.5) is 0 Å². The van der Waals surface area contributed by atoms with Crippen molar-refractivity contribution in [2.75, 3.05) is 0 Å². The molecule has 0 aromatic rings. The molecule has 2 aliphatic rings. The number of allylic oxidation sites excluding steroid dienone is 6. The Morgan fingerprint density at radius 2 is 2.10 bits per heavy atom. The van der Waals surface area contributed by atoms with Crippen molar-refractivity contribution in [2.45, 2.75) is 13.8 Å². The summed E-state index contributed by atoms with van der Waals surface area (Å²) in [4.78, 5) is 0. The highest BCUT2D eigenvalue weighted by Crippen LogP contribution is 2.38. The second-order valence-corrected chi connectivity index (χ2v) is 4.02. The molecule has 0 radical (unpaired) electrons. The molecule has 10 heavy (non-hydrogen) atoms. The first kappa shape index (κ1) is 6.12. The molecule has 0 fully saturated rings. The Morgan fingerprint density at radius 3 is 2.80 bits per heavy atom. The van der Waals surface area contributed by atoms with Gasteiger partial charge in [-0.15, -0.1) is 0 Å². The molecule has 50 valence electrons. The first-order chi connectivity index (χ1) is 4.79. The predicted molar refractivity (Wildman–Crippen MR) is 47.5 cm³/mol. The Labute approximate surface area is 62.8 Å². The fourth-order valence-electron chi connectivity index (χ4n) is 1.28. The molecule has 0 atom stereocenters. The molecule has 0 N–H and O–H groups in total. The van der Waals surface area contributed by atoms with E-state index in [2.05, 4.69) is 32.1 Å². The van der Waals surface area contributed by atoms with Crippen molar-refractivity contribution < 1.29 is 0 Å². The minimum absolute atomic E-state index is 1.41. The molecule has 0 saturated carbocycles. The van der Waals surface area contributed by atoms with E-state index >= 15 is 0 Å². The summed E-state index contributed by atoms with van der Waals surface area (Å²) >= 11 is 0. The number of fused-ring (bicyclic) bond motifs is 1. The van der Waals surface area contributed by atoms with Crippen LogP contribution in [0, 0.1) is 0 Å². The van der Waals surface area contributed by atoms with Crippen LogP contribution in [0.15, 0.2) is 34.7 Å². The van der Waals surface area contributed by atoms with Crippen LogP contribution in [-0.4, -0.2) is 5.29 Å². The van der Waals surface area contributed by atoms with Gasteiger partial charge >= 0.3 is 0 Å². The molecule has 1 aliphatic heterocycles. The standard InChI is InChI=1S/C9H9P/c1-6-7(2)10-9-5-3-4-8(6)9/h3-5H,1-2H3. The lowest BCUT2D eigenvalue weighted by molar-refractivity contribution is 1.52. The Bertz CT molecular complexity index is 301. The van der Waals surface area contributed by atoms with E-state index in [9.17, 15) is 0 Å². The molecule has 0 saturated heterocycles. The Balaban J connectivity index is 2.61. The van der Waals surface area contributed by atoms with E-state index in [0.29, 0.717) is 0 Å². The Morgan fingerprint density at radius 1 is 1.30 bits per heavy atom. The van der Waals surface area contributed by atoms with Crippen LogP contribution in [-0.2, 0) is 0 Å². The van der Waals surface area contributed by atoms with Crippen molar-refractivity contribution in [3.63, 3.8) is 0 Å². The summed E-state index contributed by atoms with van der Waals surface area (Å²) in [6.07, 6.45) is 6.54. The van der Waals surface area contributed by atoms with Gasteiger partial charge in [0.05, 0.1) is 0 Å². The van der Waals surface area contributed by atoms with Gasteiger partial charge in [0, 0.05) is 5.31 Å². The lowest BCUT2D eigenvalue weighted by Crippen LogP contribution is -1.86. The highest BCUT2D eigenvalue weighted by atomic mass is 31.1. The van der Waals surface area contributed by atoms with Crippen LogP contribution in [0.25, 0.3) is 0 Å². The Hall–Kier alpha value is -0.610. The van der Waals surface area contributed by atoms with E-state index < -0.39 is 0 Å². The SMILES string of the molecule is CC1=PC2=CC=CC2=C1C. The summed E-state index contributed by atoms with van der Waals surface area (Å²) in [5, 5.41) is 2.99. The van der Waals surface area contributed by atoms with Crippen molar-refractivity contribution in [3.8, 4) is 0 Å². The zero-order valence-corrected chi connectivity index (χ0v) is 7.07. The molecule has 2 rings (SSSR count). The zero-order valence-electron chi connectivity index (χ0n) is 6.18. The van der Waals surface area contributed by atoms with Crippen molar-refractivity contribution in [1.82, 2.24) is 0 Å². The van der Waals surface area contributed by atoms with E-state index in [1.54, 1.807) is 0 Å². The summed E-state index contributed by atoms with van der Waals surface area (Å²) in [7, 11) is 1.41. The zero-order chi connectivity index (χ0) is 7.14. The van der Waals surface area contributed by atoms with Crippen LogP contribution < -0.4 is 0 Å². The van der Waals surface area contributed by atoms with Crippen LogP contribution in [0.3, 0.4) is 0 Å². The molecule has 1 heterocycles. The third-order valence-electron chi connectivity index (χ3n) is 2.03. The molecule has 0 spiro atoms. The fraction of sp³-hybridized carbons (Fsp3) is 0.222. The molecule has 1 aliphatic carbocycles. The second kappa shape index (κ2) is 1.93. The third kappa shape index (κ3) is 0.660. The summed E-state index contributed by atoms with van der Waals surface area (Å²) in [5.74, 6) is 0. The smallest absolute Gasteiger partial charge is 0.00957 e. The Kier molecular flexibility index (Phi) is 1.18. The van der Waals surface area contributed by atoms with Crippen LogP contribution in [0.5, 0.6) is 0 Å². The third-order valence-corrected chi connectivity index (χ3v) is 3.33. The summed E-state index contributed by atoms with van der Waals surface area (Å²) in [6.45, 7) is 4.41. The maximum Gasteiger partial charge on any atom is 0.00957 e. The highest BCUT2D eigenvalue weighted by Gasteiger charge is 2.15. The molecule has 0 aromatic carbocycles. The first-order valence-electron chi connectivity index (χ1n) is 3.44. The molecule has 0 amide bonds. The van der Waals surface area contributed by atoms with Crippen molar-refractivity contribution in [3.05, 3.63) is 34.7 Å². The molecule has 0 bridgehead atoms. The summed E-state index contributed by atoms with van der Waals surface area (Å²) in [6, 6.07) is 0. The van der Waals surface area contributed by atoms with Crippen molar-refractivity contribution >= 4 is 13.5 Å². The van der Waals surface area contributed by atoms with Gasteiger partial charge in [-0.05, 0) is 36.4 Å². The van der Waals surface area contributed by atoms with Gasteiger partial charge in [-0.1, -0.05) is 20.4 Å². The summed E-state index contributed by atoms with van der Waals surface area (Å²) in [5.41, 5.74) is 2.93. The van der Waals surface area contributed by atoms with Crippen molar-refractivity contribution in [1.29, 1.82) is 0 Å². The minimum atomic E-state index is 1.41. The molecular weight excluding hydrogens is 139 g/mol. The molecule has 1 heteroatoms. The number of hydrogen-bond donors (Lipinski definition) is 0. The predicted octanol–water partition coefficient (Wildman–Crippen LogP) is 2.91. The van der Waals surface area contributed by atoms with Crippen molar-refractivity contribution in [2.24, 2.45) is 0 Å². The second-order valence-electron chi connectivity index (χ2n) is 2.65. The average Bonchev–Trinajstić information content (AvgIpc) is 2.41. The monoisotopic (exact) mass is 148 g/mol. The molecule has 0 unspecified atom stereocenters. The van der Waals surface area contributed by atoms with Gasteiger partial charge in [-0.3, -0.25) is 0 Å². The molecule has 0 aromatic heterocycles. The van der Waals surface area contributed by atoms with E-state index in [1.165, 1.54) is 30.0 Å².